The number of aromatic nitrogens is 2. The molecule has 1 N–H and O–H groups in total. The summed E-state index contributed by atoms with van der Waals surface area (Å²) in [6.45, 7) is 2.25. The van der Waals surface area contributed by atoms with Crippen molar-refractivity contribution in [2.24, 2.45) is 5.92 Å². The van der Waals surface area contributed by atoms with Crippen molar-refractivity contribution >= 4 is 16.5 Å². The van der Waals surface area contributed by atoms with Crippen molar-refractivity contribution in [3.8, 4) is 0 Å². The first-order valence-corrected chi connectivity index (χ1v) is 7.92. The van der Waals surface area contributed by atoms with Crippen molar-refractivity contribution in [1.82, 2.24) is 15.1 Å². The van der Waals surface area contributed by atoms with Gasteiger partial charge in [-0.3, -0.25) is 4.90 Å². The zero-order chi connectivity index (χ0) is 12.4. The van der Waals surface area contributed by atoms with Gasteiger partial charge < -0.3 is 5.32 Å². The third kappa shape index (κ3) is 2.52. The molecule has 0 amide bonds. The maximum Gasteiger partial charge on any atom is 0.205 e. The van der Waals surface area contributed by atoms with Gasteiger partial charge in [-0.25, -0.2) is 0 Å². The Morgan fingerprint density at radius 1 is 1.22 bits per heavy atom. The average molecular weight is 266 g/mol. The zero-order valence-corrected chi connectivity index (χ0v) is 11.9. The molecule has 100 valence electrons. The highest BCUT2D eigenvalue weighted by Crippen LogP contribution is 2.36. The van der Waals surface area contributed by atoms with Gasteiger partial charge in [0.15, 0.2) is 0 Å². The van der Waals surface area contributed by atoms with Crippen LogP contribution in [0.25, 0.3) is 0 Å². The molecule has 4 nitrogen and oxygen atoms in total. The largest absolute Gasteiger partial charge is 0.363 e. The van der Waals surface area contributed by atoms with E-state index in [4.69, 9.17) is 0 Å². The number of piperidine rings is 1. The Kier molecular flexibility index (Phi) is 3.80. The third-order valence-corrected chi connectivity index (χ3v) is 5.30. The van der Waals surface area contributed by atoms with Crippen LogP contribution in [0.3, 0.4) is 0 Å². The summed E-state index contributed by atoms with van der Waals surface area (Å²) in [5.41, 5.74) is 0. The van der Waals surface area contributed by atoms with Gasteiger partial charge >= 0.3 is 0 Å². The first kappa shape index (κ1) is 12.4. The molecule has 0 spiro atoms. The van der Waals surface area contributed by atoms with E-state index in [2.05, 4.69) is 20.4 Å². The van der Waals surface area contributed by atoms with E-state index in [-0.39, 0.29) is 0 Å². The fourth-order valence-electron chi connectivity index (χ4n) is 3.52. The molecule has 1 saturated carbocycles. The van der Waals surface area contributed by atoms with Crippen LogP contribution in [0.5, 0.6) is 0 Å². The second kappa shape index (κ2) is 5.53. The predicted molar refractivity (Wildman–Crippen MR) is 74.8 cm³/mol. The number of nitrogens with zero attached hydrogens (tertiary/aromatic N) is 3. The van der Waals surface area contributed by atoms with E-state index in [0.29, 0.717) is 0 Å². The van der Waals surface area contributed by atoms with Crippen LogP contribution in [-0.2, 0) is 6.54 Å². The molecule has 2 heterocycles. The molecule has 1 aromatic rings. The Hall–Kier alpha value is -0.680. The number of hydrogen-bond acceptors (Lipinski definition) is 5. The molecule has 3 rings (SSSR count). The highest BCUT2D eigenvalue weighted by molar-refractivity contribution is 7.15. The first-order chi connectivity index (χ1) is 8.86. The molecule has 1 aliphatic carbocycles. The molecular formula is C13H22N4S. The van der Waals surface area contributed by atoms with E-state index in [9.17, 15) is 0 Å². The van der Waals surface area contributed by atoms with E-state index in [1.165, 1.54) is 45.1 Å². The molecule has 1 saturated heterocycles. The quantitative estimate of drug-likeness (QED) is 0.913. The van der Waals surface area contributed by atoms with Crippen LogP contribution in [0.1, 0.15) is 43.5 Å². The number of nitrogens with one attached hydrogen (secondary N) is 1. The standard InChI is InChI=1S/C13H22N4S/c1-14-13-16-15-12(18-13)9-17-8-4-6-10-5-2-3-7-11(10)17/h10-11H,2-9H2,1H3,(H,14,16)/t10-,11-/m1/s1. The molecule has 2 aliphatic rings. The van der Waals surface area contributed by atoms with E-state index in [0.717, 1.165) is 28.6 Å². The lowest BCUT2D eigenvalue weighted by molar-refractivity contribution is 0.0545. The molecule has 2 fully saturated rings. The lowest BCUT2D eigenvalue weighted by Gasteiger charge is -2.43. The van der Waals surface area contributed by atoms with E-state index in [1.54, 1.807) is 11.3 Å². The van der Waals surface area contributed by atoms with Crippen molar-refractivity contribution in [2.45, 2.75) is 51.1 Å². The van der Waals surface area contributed by atoms with Crippen molar-refractivity contribution in [3.05, 3.63) is 5.01 Å². The highest BCUT2D eigenvalue weighted by Gasteiger charge is 2.33. The van der Waals surface area contributed by atoms with Gasteiger partial charge in [0.25, 0.3) is 0 Å². The summed E-state index contributed by atoms with van der Waals surface area (Å²) in [4.78, 5) is 2.66. The maximum absolute atomic E-state index is 4.28. The molecule has 5 heteroatoms. The van der Waals surface area contributed by atoms with Gasteiger partial charge in [-0.15, -0.1) is 10.2 Å². The Morgan fingerprint density at radius 3 is 2.89 bits per heavy atom. The molecule has 1 aliphatic heterocycles. The summed E-state index contributed by atoms with van der Waals surface area (Å²) in [7, 11) is 1.91. The molecular weight excluding hydrogens is 244 g/mol. The van der Waals surface area contributed by atoms with Gasteiger partial charge in [0.2, 0.25) is 5.13 Å². The van der Waals surface area contributed by atoms with Crippen molar-refractivity contribution in [3.63, 3.8) is 0 Å². The average Bonchev–Trinajstić information content (AvgIpc) is 2.87. The molecule has 0 bridgehead atoms. The van der Waals surface area contributed by atoms with Gasteiger partial charge in [-0.05, 0) is 38.1 Å². The van der Waals surface area contributed by atoms with Gasteiger partial charge in [0, 0.05) is 13.1 Å². The van der Waals surface area contributed by atoms with Gasteiger partial charge in [-0.2, -0.15) is 0 Å². The van der Waals surface area contributed by atoms with Crippen LogP contribution in [0.2, 0.25) is 0 Å². The summed E-state index contributed by atoms with van der Waals surface area (Å²) < 4.78 is 0. The van der Waals surface area contributed by atoms with E-state index in [1.807, 2.05) is 7.05 Å². The number of hydrogen-bond donors (Lipinski definition) is 1. The van der Waals surface area contributed by atoms with Crippen LogP contribution < -0.4 is 5.32 Å². The Bertz CT molecular complexity index is 390. The Morgan fingerprint density at radius 2 is 2.06 bits per heavy atom. The topological polar surface area (TPSA) is 41.1 Å². The number of likely N-dealkylation sites (tertiary alicyclic amines) is 1. The highest BCUT2D eigenvalue weighted by atomic mass is 32.1. The van der Waals surface area contributed by atoms with Gasteiger partial charge in [0.05, 0.1) is 6.54 Å². The molecule has 18 heavy (non-hydrogen) atoms. The molecule has 0 aromatic carbocycles. The van der Waals surface area contributed by atoms with Crippen LogP contribution in [0, 0.1) is 5.92 Å². The fraction of sp³-hybridized carbons (Fsp3) is 0.846. The van der Waals surface area contributed by atoms with Crippen molar-refractivity contribution in [2.75, 3.05) is 18.9 Å². The van der Waals surface area contributed by atoms with Crippen molar-refractivity contribution < 1.29 is 0 Å². The number of fused-ring (bicyclic) bond motifs is 1. The Labute approximate surface area is 113 Å². The molecule has 0 radical (unpaired) electrons. The monoisotopic (exact) mass is 266 g/mol. The smallest absolute Gasteiger partial charge is 0.205 e. The number of rotatable bonds is 3. The van der Waals surface area contributed by atoms with Crippen LogP contribution >= 0.6 is 11.3 Å². The summed E-state index contributed by atoms with van der Waals surface area (Å²) in [6.07, 6.45) is 8.49. The van der Waals surface area contributed by atoms with E-state index >= 15 is 0 Å². The fourth-order valence-corrected chi connectivity index (χ4v) is 4.24. The zero-order valence-electron chi connectivity index (χ0n) is 11.1. The summed E-state index contributed by atoms with van der Waals surface area (Å²) >= 11 is 1.69. The molecule has 2 atom stereocenters. The minimum Gasteiger partial charge on any atom is -0.363 e. The maximum atomic E-state index is 4.28. The van der Waals surface area contributed by atoms with Gasteiger partial charge in [-0.1, -0.05) is 24.2 Å². The minimum absolute atomic E-state index is 0.814. The van der Waals surface area contributed by atoms with E-state index < -0.39 is 0 Å². The molecule has 0 unspecified atom stereocenters. The first-order valence-electron chi connectivity index (χ1n) is 7.11. The summed E-state index contributed by atoms with van der Waals surface area (Å²) in [6, 6.07) is 0.814. The second-order valence-electron chi connectivity index (χ2n) is 5.48. The third-order valence-electron chi connectivity index (χ3n) is 4.38. The van der Waals surface area contributed by atoms with Crippen LogP contribution in [-0.4, -0.2) is 34.7 Å². The SMILES string of the molecule is CNc1nnc(CN2CCC[C@H]3CCCC[C@H]32)s1. The summed E-state index contributed by atoms with van der Waals surface area (Å²) in [5.74, 6) is 0.948. The van der Waals surface area contributed by atoms with Crippen molar-refractivity contribution in [1.29, 1.82) is 0 Å². The minimum atomic E-state index is 0.814. The van der Waals surface area contributed by atoms with Crippen LogP contribution in [0.15, 0.2) is 0 Å². The van der Waals surface area contributed by atoms with Crippen LogP contribution in [0.4, 0.5) is 5.13 Å². The normalized spacial score (nSPS) is 28.9. The lowest BCUT2D eigenvalue weighted by atomic mass is 9.78. The lowest BCUT2D eigenvalue weighted by Crippen LogP contribution is -2.46. The predicted octanol–water partition coefficient (Wildman–Crippen LogP) is 2.73. The number of anilines is 1. The Balaban J connectivity index is 1.66. The molecule has 1 aromatic heterocycles. The summed E-state index contributed by atoms with van der Waals surface area (Å²) in [5, 5.41) is 13.6. The van der Waals surface area contributed by atoms with Gasteiger partial charge in [0.1, 0.15) is 5.01 Å². The second-order valence-corrected chi connectivity index (χ2v) is 6.54.